The van der Waals surface area contributed by atoms with Crippen LogP contribution in [0.3, 0.4) is 0 Å². The maximum absolute atomic E-state index is 6.63. The van der Waals surface area contributed by atoms with Crippen molar-refractivity contribution in [3.63, 3.8) is 0 Å². The first-order valence-electron chi connectivity index (χ1n) is 10.8. The second-order valence-corrected chi connectivity index (χ2v) is 9.31. The van der Waals surface area contributed by atoms with Gasteiger partial charge in [0.2, 0.25) is 0 Å². The molecule has 4 fully saturated rings. The molecule has 1 unspecified atom stereocenters. The van der Waals surface area contributed by atoms with Crippen LogP contribution in [0.25, 0.3) is 0 Å². The normalized spacial score (nSPS) is 34.5. The molecule has 4 saturated carbocycles. The molecule has 1 heterocycles. The van der Waals surface area contributed by atoms with E-state index in [0.717, 1.165) is 30.9 Å². The molecule has 0 aliphatic heterocycles. The Labute approximate surface area is 153 Å². The number of hydrogen-bond acceptors (Lipinski definition) is 2. The number of imidazole rings is 1. The Kier molecular flexibility index (Phi) is 5.50. The predicted octanol–water partition coefficient (Wildman–Crippen LogP) is 5.46. The Hall–Kier alpha value is -0.830. The first-order valence-corrected chi connectivity index (χ1v) is 10.8. The molecule has 25 heavy (non-hydrogen) atoms. The highest BCUT2D eigenvalue weighted by atomic mass is 16.5. The second kappa shape index (κ2) is 7.82. The first kappa shape index (κ1) is 17.6. The molecule has 0 aromatic carbocycles. The minimum Gasteiger partial charge on any atom is -0.376 e. The molecule has 4 aliphatic carbocycles. The van der Waals surface area contributed by atoms with Crippen LogP contribution in [0.5, 0.6) is 0 Å². The number of rotatable bonds is 10. The van der Waals surface area contributed by atoms with Gasteiger partial charge in [0, 0.05) is 19.0 Å². The smallest absolute Gasteiger partial charge is 0.0946 e. The van der Waals surface area contributed by atoms with Gasteiger partial charge in [-0.15, -0.1) is 0 Å². The SMILES string of the molecule is CCCCCCCOC(Cn1ccnc1)C12CC3CC(CC(C3)C1)C2. The van der Waals surface area contributed by atoms with Crippen LogP contribution in [-0.2, 0) is 11.3 Å². The fourth-order valence-corrected chi connectivity index (χ4v) is 6.51. The maximum Gasteiger partial charge on any atom is 0.0946 e. The van der Waals surface area contributed by atoms with Gasteiger partial charge in [0.15, 0.2) is 0 Å². The Morgan fingerprint density at radius 3 is 2.32 bits per heavy atom. The van der Waals surface area contributed by atoms with Gasteiger partial charge in [-0.25, -0.2) is 4.98 Å². The third-order valence-electron chi connectivity index (χ3n) is 7.27. The zero-order valence-corrected chi connectivity index (χ0v) is 16.0. The van der Waals surface area contributed by atoms with Crippen LogP contribution in [0.4, 0.5) is 0 Å². The fraction of sp³-hybridized carbons (Fsp3) is 0.864. The summed E-state index contributed by atoms with van der Waals surface area (Å²) in [4.78, 5) is 4.26. The van der Waals surface area contributed by atoms with Gasteiger partial charge in [-0.3, -0.25) is 0 Å². The van der Waals surface area contributed by atoms with Crippen molar-refractivity contribution in [2.45, 2.75) is 90.2 Å². The van der Waals surface area contributed by atoms with Crippen LogP contribution in [0.1, 0.15) is 77.6 Å². The first-order chi connectivity index (χ1) is 12.3. The summed E-state index contributed by atoms with van der Waals surface area (Å²) in [5.41, 5.74) is 0.461. The summed E-state index contributed by atoms with van der Waals surface area (Å²) in [6, 6.07) is 0. The van der Waals surface area contributed by atoms with Crippen molar-refractivity contribution in [2.24, 2.45) is 23.2 Å². The third kappa shape index (κ3) is 3.97. The molecular weight excluding hydrogens is 308 g/mol. The monoisotopic (exact) mass is 344 g/mol. The molecule has 3 heteroatoms. The van der Waals surface area contributed by atoms with Gasteiger partial charge in [-0.2, -0.15) is 0 Å². The van der Waals surface area contributed by atoms with Gasteiger partial charge in [-0.05, 0) is 68.1 Å². The van der Waals surface area contributed by atoms with Gasteiger partial charge in [-0.1, -0.05) is 32.6 Å². The van der Waals surface area contributed by atoms with E-state index < -0.39 is 0 Å². The third-order valence-corrected chi connectivity index (χ3v) is 7.27. The van der Waals surface area contributed by atoms with E-state index in [1.807, 2.05) is 12.5 Å². The van der Waals surface area contributed by atoms with E-state index in [1.165, 1.54) is 70.6 Å². The second-order valence-electron chi connectivity index (χ2n) is 9.31. The molecule has 5 rings (SSSR count). The quantitative estimate of drug-likeness (QED) is 0.527. The molecule has 1 atom stereocenters. The van der Waals surface area contributed by atoms with Crippen LogP contribution in [0.15, 0.2) is 18.7 Å². The van der Waals surface area contributed by atoms with Crippen molar-refractivity contribution in [3.8, 4) is 0 Å². The van der Waals surface area contributed by atoms with E-state index in [4.69, 9.17) is 4.74 Å². The summed E-state index contributed by atoms with van der Waals surface area (Å²) >= 11 is 0. The number of aromatic nitrogens is 2. The molecule has 4 bridgehead atoms. The zero-order chi connectivity index (χ0) is 17.1. The minimum atomic E-state index is 0.390. The molecule has 0 amide bonds. The largest absolute Gasteiger partial charge is 0.376 e. The van der Waals surface area contributed by atoms with Gasteiger partial charge in [0.1, 0.15) is 0 Å². The highest BCUT2D eigenvalue weighted by Crippen LogP contribution is 2.61. The van der Waals surface area contributed by atoms with Crippen LogP contribution in [-0.4, -0.2) is 22.3 Å². The van der Waals surface area contributed by atoms with E-state index in [2.05, 4.69) is 22.7 Å². The average Bonchev–Trinajstić information content (AvgIpc) is 3.09. The molecular formula is C22H36N2O. The lowest BCUT2D eigenvalue weighted by Crippen LogP contribution is -2.53. The molecule has 0 saturated heterocycles. The van der Waals surface area contributed by atoms with E-state index in [0.29, 0.717) is 11.5 Å². The lowest BCUT2D eigenvalue weighted by Gasteiger charge is -2.59. The average molecular weight is 345 g/mol. The molecule has 0 spiro atoms. The summed E-state index contributed by atoms with van der Waals surface area (Å²) in [6.07, 6.45) is 21.8. The van der Waals surface area contributed by atoms with Crippen molar-refractivity contribution >= 4 is 0 Å². The highest BCUT2D eigenvalue weighted by molar-refractivity contribution is 5.05. The minimum absolute atomic E-state index is 0.390. The van der Waals surface area contributed by atoms with Gasteiger partial charge in [0.25, 0.3) is 0 Å². The van der Waals surface area contributed by atoms with Gasteiger partial charge >= 0.3 is 0 Å². The fourth-order valence-electron chi connectivity index (χ4n) is 6.51. The summed E-state index contributed by atoms with van der Waals surface area (Å²) in [6.45, 7) is 4.23. The molecule has 4 aliphatic rings. The predicted molar refractivity (Wildman–Crippen MR) is 101 cm³/mol. The van der Waals surface area contributed by atoms with Crippen molar-refractivity contribution < 1.29 is 4.74 Å². The van der Waals surface area contributed by atoms with Crippen LogP contribution < -0.4 is 0 Å². The van der Waals surface area contributed by atoms with Crippen molar-refractivity contribution in [1.29, 1.82) is 0 Å². The Morgan fingerprint density at radius 2 is 1.72 bits per heavy atom. The molecule has 1 aromatic heterocycles. The van der Waals surface area contributed by atoms with Crippen molar-refractivity contribution in [3.05, 3.63) is 18.7 Å². The number of ether oxygens (including phenoxy) is 1. The van der Waals surface area contributed by atoms with E-state index in [1.54, 1.807) is 0 Å². The number of nitrogens with zero attached hydrogens (tertiary/aromatic N) is 2. The van der Waals surface area contributed by atoms with Crippen LogP contribution in [0, 0.1) is 23.2 Å². The van der Waals surface area contributed by atoms with Crippen LogP contribution in [0.2, 0.25) is 0 Å². The molecule has 1 aromatic rings. The Morgan fingerprint density at radius 1 is 1.04 bits per heavy atom. The van der Waals surface area contributed by atoms with E-state index in [9.17, 15) is 0 Å². The number of hydrogen-bond donors (Lipinski definition) is 0. The van der Waals surface area contributed by atoms with E-state index >= 15 is 0 Å². The lowest BCUT2D eigenvalue weighted by atomic mass is 9.48. The zero-order valence-electron chi connectivity index (χ0n) is 16.0. The van der Waals surface area contributed by atoms with E-state index in [-0.39, 0.29) is 0 Å². The molecule has 0 N–H and O–H groups in total. The van der Waals surface area contributed by atoms with Gasteiger partial charge in [0.05, 0.1) is 19.0 Å². The summed E-state index contributed by atoms with van der Waals surface area (Å²) in [5, 5.41) is 0. The standard InChI is InChI=1S/C22H36N2O/c1-2-3-4-5-6-9-25-21(16-24-8-7-23-17-24)22-13-18-10-19(14-22)12-20(11-18)15-22/h7-8,17-21H,2-6,9-16H2,1H3. The Bertz CT molecular complexity index is 489. The molecule has 0 radical (unpaired) electrons. The molecule has 3 nitrogen and oxygen atoms in total. The Balaban J connectivity index is 1.40. The summed E-state index contributed by atoms with van der Waals surface area (Å²) in [7, 11) is 0. The maximum atomic E-state index is 6.63. The van der Waals surface area contributed by atoms with Gasteiger partial charge < -0.3 is 9.30 Å². The number of unbranched alkanes of at least 4 members (excludes halogenated alkanes) is 4. The van der Waals surface area contributed by atoms with Crippen molar-refractivity contribution in [1.82, 2.24) is 9.55 Å². The molecule has 140 valence electrons. The summed E-state index contributed by atoms with van der Waals surface area (Å²) in [5.74, 6) is 2.97. The van der Waals surface area contributed by atoms with Crippen molar-refractivity contribution in [2.75, 3.05) is 6.61 Å². The van der Waals surface area contributed by atoms with Crippen LogP contribution >= 0.6 is 0 Å². The highest BCUT2D eigenvalue weighted by Gasteiger charge is 2.54. The topological polar surface area (TPSA) is 27.1 Å². The lowest BCUT2D eigenvalue weighted by molar-refractivity contribution is -0.147. The summed E-state index contributed by atoms with van der Waals surface area (Å²) < 4.78 is 8.88.